The van der Waals surface area contributed by atoms with Crippen molar-refractivity contribution in [3.8, 4) is 16.9 Å². The first kappa shape index (κ1) is 33.2. The van der Waals surface area contributed by atoms with Gasteiger partial charge in [0.1, 0.15) is 5.75 Å². The summed E-state index contributed by atoms with van der Waals surface area (Å²) < 4.78 is 10.9. The molecule has 0 amide bonds. The van der Waals surface area contributed by atoms with Gasteiger partial charge in [-0.1, -0.05) is 109 Å². The number of carbonyl (C=O) groups is 2. The Hall–Kier alpha value is -5.74. The molecule has 244 valence electrons. The first-order valence-electron chi connectivity index (χ1n) is 16.5. The zero-order chi connectivity index (χ0) is 34.7. The molecule has 0 heterocycles. The third kappa shape index (κ3) is 6.30. The number of benzene rings is 6. The van der Waals surface area contributed by atoms with Crippen LogP contribution in [0.1, 0.15) is 70.8 Å². The topological polar surface area (TPSA) is 52.6 Å². The van der Waals surface area contributed by atoms with Gasteiger partial charge in [-0.15, -0.1) is 0 Å². The molecule has 6 rings (SSSR count). The highest BCUT2D eigenvalue weighted by atomic mass is 16.5. The first-order valence-corrected chi connectivity index (χ1v) is 16.5. The van der Waals surface area contributed by atoms with Gasteiger partial charge in [-0.2, -0.15) is 0 Å². The Kier molecular flexibility index (Phi) is 9.33. The van der Waals surface area contributed by atoms with Crippen LogP contribution in [0.2, 0.25) is 0 Å². The summed E-state index contributed by atoms with van der Waals surface area (Å²) in [6.07, 6.45) is 0. The van der Waals surface area contributed by atoms with E-state index < -0.39 is 11.4 Å². The molecule has 0 aliphatic heterocycles. The Balaban J connectivity index is 1.39. The minimum atomic E-state index is -0.616. The van der Waals surface area contributed by atoms with Gasteiger partial charge in [-0.3, -0.25) is 0 Å². The predicted octanol–water partition coefficient (Wildman–Crippen LogP) is 10.3. The summed E-state index contributed by atoms with van der Waals surface area (Å²) in [5.41, 5.74) is 12.3. The number of rotatable bonds is 8. The van der Waals surface area contributed by atoms with E-state index in [0.29, 0.717) is 16.9 Å². The fraction of sp³-hybridized carbons (Fsp3) is 0.156. The molecular formula is C45H40O4. The minimum absolute atomic E-state index is 0.380. The quantitative estimate of drug-likeness (QED) is 0.0940. The van der Waals surface area contributed by atoms with Crippen molar-refractivity contribution in [1.82, 2.24) is 0 Å². The maximum Gasteiger partial charge on any atom is 0.343 e. The average Bonchev–Trinajstić information content (AvgIpc) is 3.13. The molecule has 0 saturated carbocycles. The summed E-state index contributed by atoms with van der Waals surface area (Å²) in [4.78, 5) is 25.3. The van der Waals surface area contributed by atoms with Crippen LogP contribution in [0.5, 0.6) is 5.75 Å². The van der Waals surface area contributed by atoms with E-state index in [-0.39, 0.29) is 5.97 Å². The van der Waals surface area contributed by atoms with Gasteiger partial charge >= 0.3 is 11.9 Å². The molecule has 4 heteroatoms. The summed E-state index contributed by atoms with van der Waals surface area (Å²) in [7, 11) is 1.36. The Morgan fingerprint density at radius 3 is 1.27 bits per heavy atom. The number of ether oxygens (including phenoxy) is 2. The molecule has 0 aliphatic carbocycles. The lowest BCUT2D eigenvalue weighted by atomic mass is 9.64. The van der Waals surface area contributed by atoms with E-state index in [1.54, 1.807) is 24.3 Å². The van der Waals surface area contributed by atoms with Crippen molar-refractivity contribution in [3.05, 3.63) is 195 Å². The standard InChI is InChI=1S/C45H40O4/c1-29-25-40(26-30(2)33(29)5)45(38-13-9-7-10-14-38,39-15-11-8-12-16-39)41-27-31(3)42(32(4)28-41)49-44(47)37-23-19-35(20-24-37)34-17-21-36(22-18-34)43(46)48-6/h7-28H,1-6H3. The number of carbonyl (C=O) groups excluding carboxylic acids is 2. The molecule has 6 aromatic carbocycles. The van der Waals surface area contributed by atoms with Crippen LogP contribution in [0.3, 0.4) is 0 Å². The van der Waals surface area contributed by atoms with Gasteiger partial charge in [0.15, 0.2) is 0 Å². The maximum absolute atomic E-state index is 13.5. The average molecular weight is 645 g/mol. The third-order valence-corrected chi connectivity index (χ3v) is 9.62. The van der Waals surface area contributed by atoms with Crippen molar-refractivity contribution in [2.75, 3.05) is 7.11 Å². The highest BCUT2D eigenvalue weighted by Crippen LogP contribution is 2.47. The van der Waals surface area contributed by atoms with Gasteiger partial charge in [-0.25, -0.2) is 9.59 Å². The van der Waals surface area contributed by atoms with E-state index in [9.17, 15) is 9.59 Å². The number of methoxy groups -OCH3 is 1. The second-order valence-electron chi connectivity index (χ2n) is 12.7. The van der Waals surface area contributed by atoms with E-state index >= 15 is 0 Å². The molecule has 0 unspecified atom stereocenters. The maximum atomic E-state index is 13.5. The smallest absolute Gasteiger partial charge is 0.343 e. The fourth-order valence-electron chi connectivity index (χ4n) is 6.82. The van der Waals surface area contributed by atoms with Crippen LogP contribution >= 0.6 is 0 Å². The molecule has 6 aromatic rings. The molecule has 0 aromatic heterocycles. The fourth-order valence-corrected chi connectivity index (χ4v) is 6.82. The van der Waals surface area contributed by atoms with Crippen molar-refractivity contribution in [2.24, 2.45) is 0 Å². The largest absolute Gasteiger partial charge is 0.465 e. The van der Waals surface area contributed by atoms with E-state index in [1.807, 2.05) is 38.1 Å². The van der Waals surface area contributed by atoms with Crippen LogP contribution in [0, 0.1) is 34.6 Å². The summed E-state index contributed by atoms with van der Waals surface area (Å²) >= 11 is 0. The van der Waals surface area contributed by atoms with Crippen LogP contribution in [0.15, 0.2) is 133 Å². The second kappa shape index (κ2) is 13.8. The van der Waals surface area contributed by atoms with E-state index in [1.165, 1.54) is 29.4 Å². The summed E-state index contributed by atoms with van der Waals surface area (Å²) in [5, 5.41) is 0. The van der Waals surface area contributed by atoms with Crippen molar-refractivity contribution in [2.45, 2.75) is 40.0 Å². The van der Waals surface area contributed by atoms with Crippen molar-refractivity contribution >= 4 is 11.9 Å². The molecule has 4 nitrogen and oxygen atoms in total. The van der Waals surface area contributed by atoms with Crippen molar-refractivity contribution in [3.63, 3.8) is 0 Å². The van der Waals surface area contributed by atoms with Crippen LogP contribution in [-0.4, -0.2) is 19.0 Å². The summed E-state index contributed by atoms with van der Waals surface area (Å²) in [6.45, 7) is 10.5. The van der Waals surface area contributed by atoms with Gasteiger partial charge in [0.05, 0.1) is 23.7 Å². The molecular weight excluding hydrogens is 604 g/mol. The lowest BCUT2D eigenvalue weighted by molar-refractivity contribution is 0.0600. The lowest BCUT2D eigenvalue weighted by Gasteiger charge is -2.38. The summed E-state index contributed by atoms with van der Waals surface area (Å²) in [5.74, 6) is -0.245. The van der Waals surface area contributed by atoms with Crippen LogP contribution in [0.4, 0.5) is 0 Å². The van der Waals surface area contributed by atoms with Crippen LogP contribution in [0.25, 0.3) is 11.1 Å². The molecule has 0 saturated heterocycles. The number of hydrogen-bond donors (Lipinski definition) is 0. The predicted molar refractivity (Wildman–Crippen MR) is 197 cm³/mol. The SMILES string of the molecule is COC(=O)c1ccc(-c2ccc(C(=O)Oc3c(C)cc(C(c4ccccc4)(c4ccccc4)c4cc(C)c(C)c(C)c4)cc3C)cc2)cc1. The van der Waals surface area contributed by atoms with Gasteiger partial charge in [-0.05, 0) is 120 Å². The zero-order valence-electron chi connectivity index (χ0n) is 28.8. The molecule has 49 heavy (non-hydrogen) atoms. The Bertz CT molecular complexity index is 2040. The molecule has 0 N–H and O–H groups in total. The van der Waals surface area contributed by atoms with Gasteiger partial charge in [0.25, 0.3) is 0 Å². The number of hydrogen-bond acceptors (Lipinski definition) is 4. The minimum Gasteiger partial charge on any atom is -0.465 e. The number of esters is 2. The van der Waals surface area contributed by atoms with Crippen LogP contribution in [-0.2, 0) is 10.2 Å². The molecule has 0 bridgehead atoms. The molecule has 0 spiro atoms. The molecule has 0 fully saturated rings. The first-order chi connectivity index (χ1) is 23.6. The van der Waals surface area contributed by atoms with Gasteiger partial charge in [0, 0.05) is 0 Å². The highest BCUT2D eigenvalue weighted by molar-refractivity contribution is 5.92. The molecule has 0 atom stereocenters. The Morgan fingerprint density at radius 1 is 0.469 bits per heavy atom. The van der Waals surface area contributed by atoms with Crippen LogP contribution < -0.4 is 4.74 Å². The third-order valence-electron chi connectivity index (χ3n) is 9.62. The second-order valence-corrected chi connectivity index (χ2v) is 12.7. The Labute approximate surface area is 289 Å². The number of aryl methyl sites for hydroxylation is 4. The normalized spacial score (nSPS) is 11.2. The van der Waals surface area contributed by atoms with Crippen molar-refractivity contribution in [1.29, 1.82) is 0 Å². The van der Waals surface area contributed by atoms with E-state index in [2.05, 4.69) is 106 Å². The molecule has 0 radical (unpaired) electrons. The van der Waals surface area contributed by atoms with Crippen molar-refractivity contribution < 1.29 is 19.1 Å². The van der Waals surface area contributed by atoms with Gasteiger partial charge in [0.2, 0.25) is 0 Å². The lowest BCUT2D eigenvalue weighted by Crippen LogP contribution is -2.31. The van der Waals surface area contributed by atoms with Gasteiger partial charge < -0.3 is 9.47 Å². The Morgan fingerprint density at radius 2 is 0.857 bits per heavy atom. The monoisotopic (exact) mass is 644 g/mol. The van der Waals surface area contributed by atoms with E-state index in [0.717, 1.165) is 38.9 Å². The summed E-state index contributed by atoms with van der Waals surface area (Å²) in [6, 6.07) is 44.7. The zero-order valence-corrected chi connectivity index (χ0v) is 28.8. The highest BCUT2D eigenvalue weighted by Gasteiger charge is 2.39. The van der Waals surface area contributed by atoms with E-state index in [4.69, 9.17) is 9.47 Å². The molecule has 0 aliphatic rings.